The Labute approximate surface area is 155 Å². The molecule has 2 aliphatic heterocycles. The van der Waals surface area contributed by atoms with Crippen molar-refractivity contribution in [3.05, 3.63) is 47.9 Å². The molecule has 2 aromatic rings. The van der Waals surface area contributed by atoms with Crippen molar-refractivity contribution in [2.75, 3.05) is 44.3 Å². The monoisotopic (exact) mass is 353 g/mol. The molecule has 2 fully saturated rings. The first-order valence-corrected chi connectivity index (χ1v) is 9.47. The van der Waals surface area contributed by atoms with Crippen LogP contribution in [0, 0.1) is 12.3 Å². The minimum atomic E-state index is 0.161. The van der Waals surface area contributed by atoms with Crippen LogP contribution >= 0.6 is 0 Å². The van der Waals surface area contributed by atoms with Gasteiger partial charge >= 0.3 is 0 Å². The van der Waals surface area contributed by atoms with Crippen molar-refractivity contribution in [1.29, 1.82) is 0 Å². The van der Waals surface area contributed by atoms with Gasteiger partial charge in [-0.15, -0.1) is 5.10 Å². The lowest BCUT2D eigenvalue weighted by atomic mass is 9.80. The van der Waals surface area contributed by atoms with E-state index in [1.807, 2.05) is 25.4 Å². The second-order valence-corrected chi connectivity index (χ2v) is 7.68. The van der Waals surface area contributed by atoms with Crippen molar-refractivity contribution in [2.45, 2.75) is 26.3 Å². The number of hydrogen-bond acceptors (Lipinski definition) is 6. The van der Waals surface area contributed by atoms with E-state index in [4.69, 9.17) is 4.74 Å². The molecule has 6 nitrogen and oxygen atoms in total. The van der Waals surface area contributed by atoms with Crippen LogP contribution < -0.4 is 4.90 Å². The van der Waals surface area contributed by atoms with Crippen LogP contribution in [0.1, 0.15) is 24.1 Å². The fraction of sp³-hybridized carbons (Fsp3) is 0.550. The van der Waals surface area contributed by atoms with Crippen LogP contribution in [0.3, 0.4) is 0 Å². The van der Waals surface area contributed by atoms with Gasteiger partial charge in [0.1, 0.15) is 0 Å². The van der Waals surface area contributed by atoms with Crippen molar-refractivity contribution in [3.8, 4) is 0 Å². The van der Waals surface area contributed by atoms with Crippen molar-refractivity contribution in [1.82, 2.24) is 20.1 Å². The first kappa shape index (κ1) is 17.4. The van der Waals surface area contributed by atoms with Crippen molar-refractivity contribution in [3.63, 3.8) is 0 Å². The number of rotatable bonds is 3. The number of hydrogen-bond donors (Lipinski definition) is 0. The van der Waals surface area contributed by atoms with Gasteiger partial charge in [0.25, 0.3) is 0 Å². The van der Waals surface area contributed by atoms with E-state index in [0.29, 0.717) is 0 Å². The summed E-state index contributed by atoms with van der Waals surface area (Å²) >= 11 is 0. The molecule has 1 unspecified atom stereocenters. The Bertz CT molecular complexity index is 708. The van der Waals surface area contributed by atoms with E-state index in [1.165, 1.54) is 18.4 Å². The van der Waals surface area contributed by atoms with Crippen LogP contribution in [-0.4, -0.2) is 59.5 Å². The molecule has 4 rings (SSSR count). The summed E-state index contributed by atoms with van der Waals surface area (Å²) in [6, 6.07) is 8.34. The normalized spacial score (nSPS) is 24.6. The van der Waals surface area contributed by atoms with E-state index < -0.39 is 0 Å². The summed E-state index contributed by atoms with van der Waals surface area (Å²) in [6.07, 6.45) is 6.17. The molecule has 2 aliphatic rings. The number of likely N-dealkylation sites (tertiary alicyclic amines) is 1. The molecular formula is C20H27N5O. The van der Waals surface area contributed by atoms with Gasteiger partial charge in [0.05, 0.1) is 18.9 Å². The second kappa shape index (κ2) is 7.68. The molecule has 1 spiro atoms. The van der Waals surface area contributed by atoms with Gasteiger partial charge < -0.3 is 9.64 Å². The third-order valence-corrected chi connectivity index (χ3v) is 5.44. The highest BCUT2D eigenvalue weighted by Crippen LogP contribution is 2.34. The molecule has 138 valence electrons. The number of nitrogens with zero attached hydrogens (tertiary/aromatic N) is 5. The summed E-state index contributed by atoms with van der Waals surface area (Å²) in [5, 5.41) is 8.65. The summed E-state index contributed by atoms with van der Waals surface area (Å²) in [5.74, 6) is 0.965. The molecule has 0 aliphatic carbocycles. The molecule has 0 radical (unpaired) electrons. The van der Waals surface area contributed by atoms with Gasteiger partial charge in [-0.1, -0.05) is 0 Å². The molecule has 2 saturated heterocycles. The number of aryl methyl sites for hydroxylation is 1. The third kappa shape index (κ3) is 4.02. The minimum absolute atomic E-state index is 0.161. The van der Waals surface area contributed by atoms with E-state index in [9.17, 15) is 0 Å². The lowest BCUT2D eigenvalue weighted by Crippen LogP contribution is -2.50. The standard InChI is InChI=1S/C20H27N5O/c1-17-3-4-19(23-22-17)25-11-12-26-16-20(15-25)7-2-10-24(14-20)13-18-5-8-21-9-6-18/h3-6,8-9H,2,7,10-16H2,1H3. The van der Waals surface area contributed by atoms with E-state index in [2.05, 4.69) is 43.2 Å². The maximum absolute atomic E-state index is 6.04. The molecule has 0 amide bonds. The Morgan fingerprint density at radius 3 is 2.77 bits per heavy atom. The highest BCUT2D eigenvalue weighted by molar-refractivity contribution is 5.38. The second-order valence-electron chi connectivity index (χ2n) is 7.68. The minimum Gasteiger partial charge on any atom is -0.379 e. The molecule has 1 atom stereocenters. The SMILES string of the molecule is Cc1ccc(N2CCOCC3(CCCN(Cc4ccncc4)C3)C2)nn1. The topological polar surface area (TPSA) is 54.4 Å². The van der Waals surface area contributed by atoms with E-state index in [1.54, 1.807) is 0 Å². The van der Waals surface area contributed by atoms with Gasteiger partial charge in [0.15, 0.2) is 5.82 Å². The predicted octanol–water partition coefficient (Wildman–Crippen LogP) is 2.30. The zero-order valence-corrected chi connectivity index (χ0v) is 15.5. The number of anilines is 1. The summed E-state index contributed by atoms with van der Waals surface area (Å²) in [6.45, 7) is 8.61. The number of pyridine rings is 1. The molecule has 0 bridgehead atoms. The summed E-state index contributed by atoms with van der Waals surface area (Å²) in [5.41, 5.74) is 2.44. The van der Waals surface area contributed by atoms with Gasteiger partial charge in [-0.3, -0.25) is 9.88 Å². The highest BCUT2D eigenvalue weighted by atomic mass is 16.5. The highest BCUT2D eigenvalue weighted by Gasteiger charge is 2.39. The first-order valence-electron chi connectivity index (χ1n) is 9.47. The van der Waals surface area contributed by atoms with Gasteiger partial charge in [-0.05, 0) is 56.1 Å². The number of piperidine rings is 1. The maximum atomic E-state index is 6.04. The maximum Gasteiger partial charge on any atom is 0.151 e. The summed E-state index contributed by atoms with van der Waals surface area (Å²) in [4.78, 5) is 9.04. The number of ether oxygens (including phenoxy) is 1. The predicted molar refractivity (Wildman–Crippen MR) is 101 cm³/mol. The Balaban J connectivity index is 1.49. The molecular weight excluding hydrogens is 326 g/mol. The van der Waals surface area contributed by atoms with Gasteiger partial charge in [-0.25, -0.2) is 0 Å². The van der Waals surface area contributed by atoms with Gasteiger partial charge in [0.2, 0.25) is 0 Å². The lowest BCUT2D eigenvalue weighted by Gasteiger charge is -2.43. The first-order chi connectivity index (χ1) is 12.7. The molecule has 4 heterocycles. The Morgan fingerprint density at radius 1 is 1.08 bits per heavy atom. The van der Waals surface area contributed by atoms with Crippen LogP contribution in [0.25, 0.3) is 0 Å². The van der Waals surface area contributed by atoms with Crippen LogP contribution in [0.2, 0.25) is 0 Å². The molecule has 2 aromatic heterocycles. The lowest BCUT2D eigenvalue weighted by molar-refractivity contribution is 0.0106. The van der Waals surface area contributed by atoms with E-state index in [-0.39, 0.29) is 5.41 Å². The van der Waals surface area contributed by atoms with Crippen LogP contribution in [0.5, 0.6) is 0 Å². The largest absolute Gasteiger partial charge is 0.379 e. The molecule has 26 heavy (non-hydrogen) atoms. The summed E-state index contributed by atoms with van der Waals surface area (Å²) < 4.78 is 6.04. The molecule has 0 N–H and O–H groups in total. The zero-order chi connectivity index (χ0) is 17.8. The summed E-state index contributed by atoms with van der Waals surface area (Å²) in [7, 11) is 0. The quantitative estimate of drug-likeness (QED) is 0.844. The van der Waals surface area contributed by atoms with Crippen molar-refractivity contribution < 1.29 is 4.74 Å². The van der Waals surface area contributed by atoms with E-state index in [0.717, 1.165) is 57.4 Å². The number of aromatic nitrogens is 3. The fourth-order valence-electron chi connectivity index (χ4n) is 4.19. The zero-order valence-electron chi connectivity index (χ0n) is 15.5. The van der Waals surface area contributed by atoms with Crippen molar-refractivity contribution in [2.24, 2.45) is 5.41 Å². The van der Waals surface area contributed by atoms with Crippen molar-refractivity contribution >= 4 is 5.82 Å². The van der Waals surface area contributed by atoms with Gasteiger partial charge in [-0.2, -0.15) is 5.10 Å². The van der Waals surface area contributed by atoms with Crippen LogP contribution in [0.15, 0.2) is 36.7 Å². The van der Waals surface area contributed by atoms with E-state index >= 15 is 0 Å². The fourth-order valence-corrected chi connectivity index (χ4v) is 4.19. The smallest absolute Gasteiger partial charge is 0.151 e. The Hall–Kier alpha value is -2.05. The van der Waals surface area contributed by atoms with Crippen LogP contribution in [-0.2, 0) is 11.3 Å². The van der Waals surface area contributed by atoms with Crippen LogP contribution in [0.4, 0.5) is 5.82 Å². The Morgan fingerprint density at radius 2 is 1.96 bits per heavy atom. The molecule has 6 heteroatoms. The molecule has 0 saturated carbocycles. The average Bonchev–Trinajstić information content (AvgIpc) is 2.86. The molecule has 0 aromatic carbocycles. The Kier molecular flexibility index (Phi) is 5.13. The third-order valence-electron chi connectivity index (χ3n) is 5.44. The average molecular weight is 353 g/mol. The van der Waals surface area contributed by atoms with Gasteiger partial charge in [0, 0.05) is 44.0 Å².